The Morgan fingerprint density at radius 3 is 2.39 bits per heavy atom. The molecule has 10 heteroatoms. The van der Waals surface area contributed by atoms with Crippen LogP contribution in [0.5, 0.6) is 17.2 Å². The average Bonchev–Trinajstić information content (AvgIpc) is 3.05. The third-order valence-corrected chi connectivity index (χ3v) is 5.68. The van der Waals surface area contributed by atoms with Crippen molar-refractivity contribution in [2.75, 3.05) is 34.4 Å². The molecule has 1 aliphatic rings. The summed E-state index contributed by atoms with van der Waals surface area (Å²) in [5.74, 6) is 0.0431. The van der Waals surface area contributed by atoms with E-state index in [-0.39, 0.29) is 30.3 Å². The first-order valence-corrected chi connectivity index (χ1v) is 10.7. The summed E-state index contributed by atoms with van der Waals surface area (Å²) in [5, 5.41) is 2.21. The zero-order valence-corrected chi connectivity index (χ0v) is 19.2. The first-order chi connectivity index (χ1) is 15.9. The maximum atomic E-state index is 13.2. The van der Waals surface area contributed by atoms with Crippen LogP contribution in [0.25, 0.3) is 6.08 Å². The molecule has 0 saturated carbocycles. The summed E-state index contributed by atoms with van der Waals surface area (Å²) < 4.78 is 29.1. The van der Waals surface area contributed by atoms with Gasteiger partial charge in [0.15, 0.2) is 11.5 Å². The summed E-state index contributed by atoms with van der Waals surface area (Å²) in [7, 11) is 4.46. The summed E-state index contributed by atoms with van der Waals surface area (Å²) in [6.07, 6.45) is 1.57. The van der Waals surface area contributed by atoms with Gasteiger partial charge < -0.3 is 19.5 Å². The maximum absolute atomic E-state index is 13.2. The Labute approximate surface area is 194 Å². The molecule has 1 fully saturated rings. The lowest BCUT2D eigenvalue weighted by molar-refractivity contribution is -0.124. The zero-order valence-electron chi connectivity index (χ0n) is 18.3. The largest absolute Gasteiger partial charge is 0.493 e. The molecule has 8 nitrogen and oxygen atoms in total. The molecule has 3 amide bonds. The van der Waals surface area contributed by atoms with Crippen LogP contribution < -0.4 is 19.5 Å². The van der Waals surface area contributed by atoms with Gasteiger partial charge in [0, 0.05) is 13.1 Å². The number of halogens is 1. The SMILES string of the molecule is COc1cc(/C=C2\SC(=O)N(CCNC(=O)Cc3cccc(F)c3)C2=O)cc(OC)c1OC. The average molecular weight is 475 g/mol. The third kappa shape index (κ3) is 5.83. The van der Waals surface area contributed by atoms with Crippen LogP contribution in [0.3, 0.4) is 0 Å². The lowest BCUT2D eigenvalue weighted by Crippen LogP contribution is -2.37. The van der Waals surface area contributed by atoms with E-state index in [0.717, 1.165) is 16.7 Å². The highest BCUT2D eigenvalue weighted by molar-refractivity contribution is 8.18. The van der Waals surface area contributed by atoms with Gasteiger partial charge >= 0.3 is 0 Å². The van der Waals surface area contributed by atoms with Crippen LogP contribution >= 0.6 is 11.8 Å². The van der Waals surface area contributed by atoms with Gasteiger partial charge in [-0.25, -0.2) is 4.39 Å². The molecule has 1 aliphatic heterocycles. The lowest BCUT2D eigenvalue weighted by Gasteiger charge is -2.13. The Balaban J connectivity index is 1.63. The number of nitrogens with one attached hydrogen (secondary N) is 1. The first kappa shape index (κ1) is 24.1. The fourth-order valence-electron chi connectivity index (χ4n) is 3.23. The van der Waals surface area contributed by atoms with Crippen molar-refractivity contribution < 1.29 is 33.0 Å². The van der Waals surface area contributed by atoms with E-state index in [4.69, 9.17) is 14.2 Å². The van der Waals surface area contributed by atoms with Crippen molar-refractivity contribution in [1.29, 1.82) is 0 Å². The van der Waals surface area contributed by atoms with Gasteiger partial charge in [-0.3, -0.25) is 19.3 Å². The summed E-state index contributed by atoms with van der Waals surface area (Å²) in [6.45, 7) is 0.107. The Kier molecular flexibility index (Phi) is 7.94. The highest BCUT2D eigenvalue weighted by atomic mass is 32.2. The molecule has 2 aromatic rings. The van der Waals surface area contributed by atoms with Crippen LogP contribution in [-0.4, -0.2) is 56.4 Å². The number of hydrogen-bond acceptors (Lipinski definition) is 7. The molecule has 0 spiro atoms. The number of methoxy groups -OCH3 is 3. The van der Waals surface area contributed by atoms with Gasteiger partial charge in [0.05, 0.1) is 32.7 Å². The lowest BCUT2D eigenvalue weighted by atomic mass is 10.1. The number of hydrogen-bond donors (Lipinski definition) is 1. The molecular formula is C23H23FN2O6S. The molecule has 3 rings (SSSR count). The van der Waals surface area contributed by atoms with Gasteiger partial charge in [0.1, 0.15) is 5.82 Å². The smallest absolute Gasteiger partial charge is 0.293 e. The number of rotatable bonds is 9. The number of imide groups is 1. The van der Waals surface area contributed by atoms with E-state index in [1.54, 1.807) is 24.3 Å². The van der Waals surface area contributed by atoms with E-state index in [0.29, 0.717) is 28.4 Å². The van der Waals surface area contributed by atoms with E-state index < -0.39 is 17.0 Å². The molecule has 1 N–H and O–H groups in total. The van der Waals surface area contributed by atoms with Gasteiger partial charge in [0.2, 0.25) is 11.7 Å². The molecule has 0 atom stereocenters. The minimum Gasteiger partial charge on any atom is -0.493 e. The molecular weight excluding hydrogens is 451 g/mol. The van der Waals surface area contributed by atoms with E-state index in [1.807, 2.05) is 0 Å². The normalized spacial score (nSPS) is 14.5. The molecule has 0 bridgehead atoms. The minimum absolute atomic E-state index is 0.000686. The first-order valence-electron chi connectivity index (χ1n) is 9.92. The molecule has 2 aromatic carbocycles. The van der Waals surface area contributed by atoms with Crippen molar-refractivity contribution in [1.82, 2.24) is 10.2 Å². The molecule has 0 unspecified atom stereocenters. The van der Waals surface area contributed by atoms with Gasteiger partial charge in [-0.15, -0.1) is 0 Å². The summed E-state index contributed by atoms with van der Waals surface area (Å²) in [5.41, 5.74) is 1.13. The Morgan fingerprint density at radius 2 is 1.79 bits per heavy atom. The topological polar surface area (TPSA) is 94.2 Å². The predicted octanol–water partition coefficient (Wildman–Crippen LogP) is 3.25. The highest BCUT2D eigenvalue weighted by Crippen LogP contribution is 2.40. The van der Waals surface area contributed by atoms with Crippen LogP contribution in [-0.2, 0) is 16.0 Å². The van der Waals surface area contributed by atoms with Crippen LogP contribution in [0.2, 0.25) is 0 Å². The van der Waals surface area contributed by atoms with Gasteiger partial charge in [-0.05, 0) is 53.2 Å². The van der Waals surface area contributed by atoms with Crippen LogP contribution in [0.15, 0.2) is 41.3 Å². The quantitative estimate of drug-likeness (QED) is 0.558. The fourth-order valence-corrected chi connectivity index (χ4v) is 4.10. The Bertz CT molecular complexity index is 1080. The number of carbonyl (C=O) groups excluding carboxylic acids is 3. The van der Waals surface area contributed by atoms with Crippen molar-refractivity contribution in [2.24, 2.45) is 0 Å². The summed E-state index contributed by atoms with van der Waals surface area (Å²) >= 11 is 0.808. The number of thioether (sulfide) groups is 1. The molecule has 0 radical (unpaired) electrons. The number of carbonyl (C=O) groups is 3. The van der Waals surface area contributed by atoms with Crippen molar-refractivity contribution in [3.8, 4) is 17.2 Å². The molecule has 174 valence electrons. The van der Waals surface area contributed by atoms with Crippen molar-refractivity contribution in [2.45, 2.75) is 6.42 Å². The number of ether oxygens (including phenoxy) is 3. The molecule has 1 saturated heterocycles. The van der Waals surface area contributed by atoms with Gasteiger partial charge in [0.25, 0.3) is 11.1 Å². The zero-order chi connectivity index (χ0) is 24.0. The predicted molar refractivity (Wildman–Crippen MR) is 122 cm³/mol. The van der Waals surface area contributed by atoms with E-state index >= 15 is 0 Å². The number of amides is 3. The van der Waals surface area contributed by atoms with Crippen molar-refractivity contribution in [3.05, 3.63) is 58.2 Å². The standard InChI is InChI=1S/C23H23FN2O6S/c1-30-17-10-15(11-18(31-2)21(17)32-3)12-19-22(28)26(23(29)33-19)8-7-25-20(27)13-14-5-4-6-16(24)9-14/h4-6,9-12H,7-8,13H2,1-3H3,(H,25,27)/b19-12-. The monoisotopic (exact) mass is 474 g/mol. The molecule has 33 heavy (non-hydrogen) atoms. The second-order valence-electron chi connectivity index (χ2n) is 6.95. The van der Waals surface area contributed by atoms with Gasteiger partial charge in [-0.1, -0.05) is 12.1 Å². The number of benzene rings is 2. The molecule has 0 aliphatic carbocycles. The van der Waals surface area contributed by atoms with Crippen LogP contribution in [0.1, 0.15) is 11.1 Å². The second kappa shape index (κ2) is 10.9. The van der Waals surface area contributed by atoms with Gasteiger partial charge in [-0.2, -0.15) is 0 Å². The maximum Gasteiger partial charge on any atom is 0.293 e. The molecule has 0 aromatic heterocycles. The van der Waals surface area contributed by atoms with Crippen LogP contribution in [0, 0.1) is 5.82 Å². The molecule has 1 heterocycles. The number of nitrogens with zero attached hydrogens (tertiary/aromatic N) is 1. The minimum atomic E-state index is -0.460. The second-order valence-corrected chi connectivity index (χ2v) is 7.94. The fraction of sp³-hybridized carbons (Fsp3) is 0.261. The van der Waals surface area contributed by atoms with Crippen molar-refractivity contribution in [3.63, 3.8) is 0 Å². The van der Waals surface area contributed by atoms with Crippen molar-refractivity contribution >= 4 is 34.9 Å². The summed E-state index contributed by atoms with van der Waals surface area (Å²) in [6, 6.07) is 9.09. The Hall–Kier alpha value is -3.53. The van der Waals surface area contributed by atoms with E-state index in [9.17, 15) is 18.8 Å². The van der Waals surface area contributed by atoms with E-state index in [2.05, 4.69) is 5.32 Å². The Morgan fingerprint density at radius 1 is 1.09 bits per heavy atom. The van der Waals surface area contributed by atoms with Crippen LogP contribution in [0.4, 0.5) is 9.18 Å². The third-order valence-electron chi connectivity index (χ3n) is 4.77. The highest BCUT2D eigenvalue weighted by Gasteiger charge is 2.34. The van der Waals surface area contributed by atoms with E-state index in [1.165, 1.54) is 39.5 Å². The summed E-state index contributed by atoms with van der Waals surface area (Å²) in [4.78, 5) is 38.4.